The molecule has 0 aliphatic carbocycles. The molecule has 0 saturated carbocycles. The molecule has 152 valence electrons. The minimum absolute atomic E-state index is 0.146. The molecule has 0 unspecified atom stereocenters. The number of nitrogens with zero attached hydrogens (tertiary/aromatic N) is 3. The second kappa shape index (κ2) is 8.69. The Balaban J connectivity index is 1.30. The van der Waals surface area contributed by atoms with Crippen LogP contribution >= 0.6 is 0 Å². The summed E-state index contributed by atoms with van der Waals surface area (Å²) in [5, 5.41) is 2.74. The van der Waals surface area contributed by atoms with Gasteiger partial charge in [-0.2, -0.15) is 0 Å². The van der Waals surface area contributed by atoms with E-state index in [9.17, 15) is 13.6 Å². The van der Waals surface area contributed by atoms with Gasteiger partial charge in [-0.15, -0.1) is 0 Å². The van der Waals surface area contributed by atoms with Gasteiger partial charge in [0.2, 0.25) is 5.91 Å². The Morgan fingerprint density at radius 3 is 2.77 bits per heavy atom. The number of rotatable bonds is 7. The van der Waals surface area contributed by atoms with E-state index in [1.807, 2.05) is 0 Å². The van der Waals surface area contributed by atoms with Crippen molar-refractivity contribution in [3.05, 3.63) is 90.5 Å². The van der Waals surface area contributed by atoms with Gasteiger partial charge in [0.1, 0.15) is 11.6 Å². The number of nitrogens with one attached hydrogen (secondary N) is 1. The molecule has 0 fully saturated rings. The molecule has 0 aliphatic heterocycles. The molecule has 8 heteroatoms. The molecule has 2 aromatic carbocycles. The van der Waals surface area contributed by atoms with Crippen molar-refractivity contribution in [3.63, 3.8) is 0 Å². The molecule has 0 atom stereocenters. The van der Waals surface area contributed by atoms with Crippen LogP contribution in [-0.2, 0) is 17.8 Å². The van der Waals surface area contributed by atoms with Crippen LogP contribution in [-0.4, -0.2) is 20.4 Å². The topological polar surface area (TPSA) is 73.0 Å². The number of aryl methyl sites for hydroxylation is 1. The van der Waals surface area contributed by atoms with Gasteiger partial charge in [0.05, 0.1) is 23.8 Å². The summed E-state index contributed by atoms with van der Waals surface area (Å²) in [6.07, 6.45) is 6.60. The fraction of sp³-hybridized carbons (Fsp3) is 0.136. The molecule has 30 heavy (non-hydrogen) atoms. The summed E-state index contributed by atoms with van der Waals surface area (Å²) in [5.74, 6) is -0.361. The van der Waals surface area contributed by atoms with Crippen molar-refractivity contribution in [3.8, 4) is 17.0 Å². The van der Waals surface area contributed by atoms with E-state index in [4.69, 9.17) is 4.42 Å². The molecule has 0 bridgehead atoms. The molecule has 1 N–H and O–H groups in total. The monoisotopic (exact) mass is 408 g/mol. The minimum atomic E-state index is -0.403. The SMILES string of the molecule is O=C(CCc1ncc(-c2ccccc2F)o1)NCc1ccc(-n2ccnc2)c(F)c1. The maximum Gasteiger partial charge on any atom is 0.220 e. The van der Waals surface area contributed by atoms with Gasteiger partial charge >= 0.3 is 0 Å². The number of imidazole rings is 1. The molecule has 0 spiro atoms. The van der Waals surface area contributed by atoms with Crippen LogP contribution in [0.15, 0.2) is 71.8 Å². The normalized spacial score (nSPS) is 10.9. The molecular formula is C22H18F2N4O2. The molecule has 0 saturated heterocycles. The molecule has 6 nitrogen and oxygen atoms in total. The second-order valence-electron chi connectivity index (χ2n) is 6.63. The van der Waals surface area contributed by atoms with E-state index >= 15 is 0 Å². The summed E-state index contributed by atoms with van der Waals surface area (Å²) in [5.41, 5.74) is 1.35. The predicted octanol–water partition coefficient (Wildman–Crippen LogP) is 4.05. The lowest BCUT2D eigenvalue weighted by atomic mass is 10.2. The fourth-order valence-electron chi connectivity index (χ4n) is 2.99. The first-order valence-corrected chi connectivity index (χ1v) is 9.33. The van der Waals surface area contributed by atoms with E-state index in [0.717, 1.165) is 0 Å². The minimum Gasteiger partial charge on any atom is -0.441 e. The van der Waals surface area contributed by atoms with Crippen molar-refractivity contribution in [2.45, 2.75) is 19.4 Å². The van der Waals surface area contributed by atoms with Crippen molar-refractivity contribution in [1.29, 1.82) is 0 Å². The third kappa shape index (κ3) is 4.43. The van der Waals surface area contributed by atoms with Crippen molar-refractivity contribution in [2.75, 3.05) is 0 Å². The molecular weight excluding hydrogens is 390 g/mol. The Morgan fingerprint density at radius 1 is 1.13 bits per heavy atom. The third-order valence-electron chi connectivity index (χ3n) is 4.54. The molecule has 2 heterocycles. The van der Waals surface area contributed by atoms with E-state index in [2.05, 4.69) is 15.3 Å². The van der Waals surface area contributed by atoms with Gasteiger partial charge in [-0.25, -0.2) is 18.7 Å². The Morgan fingerprint density at radius 2 is 2.00 bits per heavy atom. The fourth-order valence-corrected chi connectivity index (χ4v) is 2.99. The van der Waals surface area contributed by atoms with Crippen LogP contribution in [0, 0.1) is 11.6 Å². The van der Waals surface area contributed by atoms with Crippen LogP contribution in [0.2, 0.25) is 0 Å². The summed E-state index contributed by atoms with van der Waals surface area (Å²) in [7, 11) is 0. The third-order valence-corrected chi connectivity index (χ3v) is 4.54. The average Bonchev–Trinajstić information content (AvgIpc) is 3.43. The Bertz CT molecular complexity index is 1160. The standard InChI is InChI=1S/C22H18F2N4O2/c23-17-4-2-1-3-16(17)20-13-27-22(30-20)8-7-21(29)26-12-15-5-6-19(18(24)11-15)28-10-9-25-14-28/h1-6,9-11,13-14H,7-8,12H2,(H,26,29). The second-order valence-corrected chi connectivity index (χ2v) is 6.63. The van der Waals surface area contributed by atoms with Gasteiger partial charge in [-0.1, -0.05) is 18.2 Å². The van der Waals surface area contributed by atoms with E-state index in [1.165, 1.54) is 24.7 Å². The zero-order chi connectivity index (χ0) is 20.9. The zero-order valence-corrected chi connectivity index (χ0v) is 15.9. The number of amides is 1. The molecule has 4 aromatic rings. The smallest absolute Gasteiger partial charge is 0.220 e. The van der Waals surface area contributed by atoms with E-state index in [1.54, 1.807) is 47.3 Å². The number of oxazole rings is 1. The number of carbonyl (C=O) groups is 1. The summed E-state index contributed by atoms with van der Waals surface area (Å²) < 4.78 is 35.2. The van der Waals surface area contributed by atoms with Crippen LogP contribution in [0.25, 0.3) is 17.0 Å². The zero-order valence-electron chi connectivity index (χ0n) is 15.9. The highest BCUT2D eigenvalue weighted by Gasteiger charge is 2.12. The summed E-state index contributed by atoms with van der Waals surface area (Å²) >= 11 is 0. The lowest BCUT2D eigenvalue weighted by Crippen LogP contribution is -2.23. The molecule has 4 rings (SSSR count). The highest BCUT2D eigenvalue weighted by atomic mass is 19.1. The number of carbonyl (C=O) groups excluding carboxylic acids is 1. The quantitative estimate of drug-likeness (QED) is 0.501. The van der Waals surface area contributed by atoms with Crippen LogP contribution in [0.4, 0.5) is 8.78 Å². The van der Waals surface area contributed by atoms with Gasteiger partial charge < -0.3 is 14.3 Å². The first-order chi connectivity index (χ1) is 14.6. The summed E-state index contributed by atoms with van der Waals surface area (Å²) in [6.45, 7) is 0.200. The molecule has 1 amide bonds. The maximum absolute atomic E-state index is 14.3. The average molecular weight is 408 g/mol. The number of aromatic nitrogens is 3. The number of hydrogen-bond donors (Lipinski definition) is 1. The Hall–Kier alpha value is -3.81. The summed E-state index contributed by atoms with van der Waals surface area (Å²) in [6, 6.07) is 11.0. The van der Waals surface area contributed by atoms with Crippen LogP contribution in [0.3, 0.4) is 0 Å². The van der Waals surface area contributed by atoms with E-state index < -0.39 is 11.6 Å². The Kier molecular flexibility index (Phi) is 5.65. The highest BCUT2D eigenvalue weighted by molar-refractivity contribution is 5.76. The number of hydrogen-bond acceptors (Lipinski definition) is 4. The van der Waals surface area contributed by atoms with E-state index in [0.29, 0.717) is 28.5 Å². The molecule has 0 aliphatic rings. The first kappa shape index (κ1) is 19.5. The number of halogens is 2. The first-order valence-electron chi connectivity index (χ1n) is 9.33. The largest absolute Gasteiger partial charge is 0.441 e. The number of benzene rings is 2. The van der Waals surface area contributed by atoms with Crippen LogP contribution in [0.5, 0.6) is 0 Å². The summed E-state index contributed by atoms with van der Waals surface area (Å²) in [4.78, 5) is 20.1. The van der Waals surface area contributed by atoms with Crippen molar-refractivity contribution in [2.24, 2.45) is 0 Å². The lowest BCUT2D eigenvalue weighted by Gasteiger charge is -2.08. The van der Waals surface area contributed by atoms with Gasteiger partial charge in [-0.05, 0) is 29.8 Å². The van der Waals surface area contributed by atoms with Gasteiger partial charge in [0, 0.05) is 31.8 Å². The van der Waals surface area contributed by atoms with Crippen molar-refractivity contribution < 1.29 is 18.0 Å². The highest BCUT2D eigenvalue weighted by Crippen LogP contribution is 2.23. The van der Waals surface area contributed by atoms with Gasteiger partial charge in [-0.3, -0.25) is 4.79 Å². The van der Waals surface area contributed by atoms with E-state index in [-0.39, 0.29) is 25.3 Å². The van der Waals surface area contributed by atoms with Gasteiger partial charge in [0.15, 0.2) is 11.7 Å². The maximum atomic E-state index is 14.3. The van der Waals surface area contributed by atoms with Crippen LogP contribution in [0.1, 0.15) is 17.9 Å². The Labute approximate surface area is 171 Å². The lowest BCUT2D eigenvalue weighted by molar-refractivity contribution is -0.121. The van der Waals surface area contributed by atoms with Gasteiger partial charge in [0.25, 0.3) is 0 Å². The predicted molar refractivity (Wildman–Crippen MR) is 106 cm³/mol. The van der Waals surface area contributed by atoms with Crippen molar-refractivity contribution >= 4 is 5.91 Å². The molecule has 0 radical (unpaired) electrons. The van der Waals surface area contributed by atoms with Crippen LogP contribution < -0.4 is 5.32 Å². The van der Waals surface area contributed by atoms with Crippen molar-refractivity contribution in [1.82, 2.24) is 19.9 Å². The molecule has 2 aromatic heterocycles.